The van der Waals surface area contributed by atoms with Crippen molar-refractivity contribution in [1.82, 2.24) is 0 Å². The summed E-state index contributed by atoms with van der Waals surface area (Å²) >= 11 is 11.4. The van der Waals surface area contributed by atoms with Gasteiger partial charge in [0, 0.05) is 6.04 Å². The molecule has 4 heteroatoms. The van der Waals surface area contributed by atoms with E-state index in [0.717, 1.165) is 6.07 Å². The molecule has 0 saturated carbocycles. The Labute approximate surface area is 80.3 Å². The maximum atomic E-state index is 12.8. The summed E-state index contributed by atoms with van der Waals surface area (Å²) in [6.45, 7) is 1.72. The number of hydrogen-bond acceptors (Lipinski definition) is 1. The van der Waals surface area contributed by atoms with E-state index >= 15 is 0 Å². The maximum Gasteiger partial charge on any atom is 0.125 e. The lowest BCUT2D eigenvalue weighted by molar-refractivity contribution is 0.622. The third-order valence-corrected chi connectivity index (χ3v) is 2.33. The van der Waals surface area contributed by atoms with Gasteiger partial charge in [-0.15, -0.1) is 0 Å². The molecule has 0 bridgehead atoms. The van der Waals surface area contributed by atoms with Gasteiger partial charge in [-0.25, -0.2) is 4.39 Å². The van der Waals surface area contributed by atoms with Crippen molar-refractivity contribution < 1.29 is 4.39 Å². The Morgan fingerprint density at radius 3 is 2.50 bits per heavy atom. The lowest BCUT2D eigenvalue weighted by atomic mass is 10.1. The van der Waals surface area contributed by atoms with Crippen molar-refractivity contribution in [3.05, 3.63) is 33.6 Å². The molecule has 1 aromatic rings. The minimum Gasteiger partial charge on any atom is -0.324 e. The number of halogens is 3. The standard InChI is InChI=1S/C8H8Cl2FN/c1-4(12)6-2-5(11)3-7(9)8(6)10/h2-4H,12H2,1H3/t4-/m1/s1. The number of nitrogens with two attached hydrogens (primary N) is 1. The molecule has 0 radical (unpaired) electrons. The van der Waals surface area contributed by atoms with Crippen LogP contribution in [0, 0.1) is 5.82 Å². The molecule has 0 heterocycles. The quantitative estimate of drug-likeness (QED) is 0.704. The largest absolute Gasteiger partial charge is 0.324 e. The highest BCUT2D eigenvalue weighted by Crippen LogP contribution is 2.29. The fourth-order valence-corrected chi connectivity index (χ4v) is 1.40. The van der Waals surface area contributed by atoms with Crippen LogP contribution in [0.15, 0.2) is 12.1 Å². The molecule has 1 nitrogen and oxygen atoms in total. The third-order valence-electron chi connectivity index (χ3n) is 1.51. The van der Waals surface area contributed by atoms with Gasteiger partial charge in [0.15, 0.2) is 0 Å². The van der Waals surface area contributed by atoms with E-state index in [4.69, 9.17) is 28.9 Å². The normalized spacial score (nSPS) is 13.1. The predicted molar refractivity (Wildman–Crippen MR) is 49.0 cm³/mol. The Hall–Kier alpha value is -0.310. The Morgan fingerprint density at radius 2 is 2.00 bits per heavy atom. The van der Waals surface area contributed by atoms with Crippen molar-refractivity contribution in [2.24, 2.45) is 5.73 Å². The highest BCUT2D eigenvalue weighted by molar-refractivity contribution is 6.42. The summed E-state index contributed by atoms with van der Waals surface area (Å²) in [6.07, 6.45) is 0. The molecule has 66 valence electrons. The highest BCUT2D eigenvalue weighted by Gasteiger charge is 2.10. The van der Waals surface area contributed by atoms with E-state index in [1.54, 1.807) is 6.92 Å². The van der Waals surface area contributed by atoms with Crippen molar-refractivity contribution >= 4 is 23.2 Å². The first kappa shape index (κ1) is 9.78. The average molecular weight is 208 g/mol. The maximum absolute atomic E-state index is 12.8. The zero-order valence-corrected chi connectivity index (χ0v) is 7.96. The molecule has 0 aromatic heterocycles. The van der Waals surface area contributed by atoms with E-state index in [-0.39, 0.29) is 11.1 Å². The van der Waals surface area contributed by atoms with Gasteiger partial charge in [0.25, 0.3) is 0 Å². The monoisotopic (exact) mass is 207 g/mol. The Morgan fingerprint density at radius 1 is 1.42 bits per heavy atom. The van der Waals surface area contributed by atoms with Gasteiger partial charge in [0.2, 0.25) is 0 Å². The number of rotatable bonds is 1. The summed E-state index contributed by atoms with van der Waals surface area (Å²) in [6, 6.07) is 2.14. The van der Waals surface area contributed by atoms with Crippen molar-refractivity contribution in [3.8, 4) is 0 Å². The summed E-state index contributed by atoms with van der Waals surface area (Å²) < 4.78 is 12.8. The summed E-state index contributed by atoms with van der Waals surface area (Å²) in [5.74, 6) is -0.420. The molecule has 0 saturated heterocycles. The molecule has 1 rings (SSSR count). The second-order valence-corrected chi connectivity index (χ2v) is 3.36. The molecule has 12 heavy (non-hydrogen) atoms. The fraction of sp³-hybridized carbons (Fsp3) is 0.250. The van der Waals surface area contributed by atoms with Crippen LogP contribution in [0.1, 0.15) is 18.5 Å². The predicted octanol–water partition coefficient (Wildman–Crippen LogP) is 3.15. The molecule has 0 unspecified atom stereocenters. The molecule has 0 aliphatic rings. The van der Waals surface area contributed by atoms with E-state index in [9.17, 15) is 4.39 Å². The number of hydrogen-bond donors (Lipinski definition) is 1. The van der Waals surface area contributed by atoms with Crippen LogP contribution >= 0.6 is 23.2 Å². The first-order valence-corrected chi connectivity index (χ1v) is 4.18. The molecule has 1 atom stereocenters. The zero-order chi connectivity index (χ0) is 9.30. The van der Waals surface area contributed by atoms with Crippen LogP contribution in [0.4, 0.5) is 4.39 Å². The van der Waals surface area contributed by atoms with Crippen molar-refractivity contribution in [2.45, 2.75) is 13.0 Å². The van der Waals surface area contributed by atoms with Gasteiger partial charge in [-0.2, -0.15) is 0 Å². The van der Waals surface area contributed by atoms with Crippen molar-refractivity contribution in [1.29, 1.82) is 0 Å². The number of benzene rings is 1. The fourth-order valence-electron chi connectivity index (χ4n) is 0.907. The third kappa shape index (κ3) is 1.89. The zero-order valence-electron chi connectivity index (χ0n) is 6.44. The molecular weight excluding hydrogens is 200 g/mol. The molecule has 0 fully saturated rings. The van der Waals surface area contributed by atoms with Gasteiger partial charge >= 0.3 is 0 Å². The van der Waals surface area contributed by atoms with Crippen molar-refractivity contribution in [2.75, 3.05) is 0 Å². The molecule has 2 N–H and O–H groups in total. The summed E-state index contributed by atoms with van der Waals surface area (Å²) in [7, 11) is 0. The van der Waals surface area contributed by atoms with Gasteiger partial charge in [-0.1, -0.05) is 23.2 Å². The van der Waals surface area contributed by atoms with Crippen LogP contribution < -0.4 is 5.73 Å². The molecular formula is C8H8Cl2FN. The lowest BCUT2D eigenvalue weighted by Gasteiger charge is -2.09. The van der Waals surface area contributed by atoms with Gasteiger partial charge in [-0.05, 0) is 24.6 Å². The molecule has 0 amide bonds. The molecule has 0 spiro atoms. The second kappa shape index (κ2) is 3.60. The van der Waals surface area contributed by atoms with Crippen LogP contribution in [0.2, 0.25) is 10.0 Å². The summed E-state index contributed by atoms with van der Waals surface area (Å²) in [4.78, 5) is 0. The topological polar surface area (TPSA) is 26.0 Å². The second-order valence-electron chi connectivity index (χ2n) is 2.58. The van der Waals surface area contributed by atoms with Crippen LogP contribution in [-0.4, -0.2) is 0 Å². The Balaban J connectivity index is 3.28. The Bertz CT molecular complexity index is 299. The Kier molecular flexibility index (Phi) is 2.94. The first-order chi connectivity index (χ1) is 5.52. The highest BCUT2D eigenvalue weighted by atomic mass is 35.5. The minimum absolute atomic E-state index is 0.198. The van der Waals surface area contributed by atoms with Gasteiger partial charge < -0.3 is 5.73 Å². The van der Waals surface area contributed by atoms with Gasteiger partial charge in [0.1, 0.15) is 5.82 Å². The van der Waals surface area contributed by atoms with Crippen LogP contribution in [-0.2, 0) is 0 Å². The minimum atomic E-state index is -0.420. The van der Waals surface area contributed by atoms with Crippen LogP contribution in [0.5, 0.6) is 0 Å². The first-order valence-electron chi connectivity index (χ1n) is 3.42. The summed E-state index contributed by atoms with van der Waals surface area (Å²) in [5.41, 5.74) is 6.07. The van der Waals surface area contributed by atoms with E-state index < -0.39 is 5.82 Å². The van der Waals surface area contributed by atoms with E-state index in [2.05, 4.69) is 0 Å². The van der Waals surface area contributed by atoms with Crippen molar-refractivity contribution in [3.63, 3.8) is 0 Å². The van der Waals surface area contributed by atoms with Gasteiger partial charge in [-0.3, -0.25) is 0 Å². The molecule has 0 aliphatic heterocycles. The van der Waals surface area contributed by atoms with Crippen LogP contribution in [0.3, 0.4) is 0 Å². The lowest BCUT2D eigenvalue weighted by Crippen LogP contribution is -2.06. The SMILES string of the molecule is C[C@@H](N)c1cc(F)cc(Cl)c1Cl. The summed E-state index contributed by atoms with van der Waals surface area (Å²) in [5, 5.41) is 0.525. The molecule has 0 aliphatic carbocycles. The smallest absolute Gasteiger partial charge is 0.125 e. The van der Waals surface area contributed by atoms with Gasteiger partial charge in [0.05, 0.1) is 10.0 Å². The van der Waals surface area contributed by atoms with E-state index in [1.807, 2.05) is 0 Å². The van der Waals surface area contributed by atoms with E-state index in [1.165, 1.54) is 6.07 Å². The average Bonchev–Trinajstić information content (AvgIpc) is 1.96. The molecule has 1 aromatic carbocycles. The van der Waals surface area contributed by atoms with E-state index in [0.29, 0.717) is 10.6 Å². The van der Waals surface area contributed by atoms with Crippen LogP contribution in [0.25, 0.3) is 0 Å².